The highest BCUT2D eigenvalue weighted by molar-refractivity contribution is 5.82. The molecule has 0 bridgehead atoms. The van der Waals surface area contributed by atoms with E-state index in [1.165, 1.54) is 0 Å². The minimum atomic E-state index is -0.0462. The highest BCUT2D eigenvalue weighted by Crippen LogP contribution is 2.20. The molecule has 0 fully saturated rings. The van der Waals surface area contributed by atoms with Gasteiger partial charge in [0.05, 0.1) is 7.11 Å². The van der Waals surface area contributed by atoms with Crippen LogP contribution in [0.4, 0.5) is 0 Å². The third-order valence-electron chi connectivity index (χ3n) is 2.20. The summed E-state index contributed by atoms with van der Waals surface area (Å²) in [5, 5.41) is 0. The second-order valence-corrected chi connectivity index (χ2v) is 3.11. The molecule has 0 aromatic heterocycles. The van der Waals surface area contributed by atoms with Crippen LogP contribution in [0.3, 0.4) is 0 Å². The molecule has 0 saturated heterocycles. The van der Waals surface area contributed by atoms with E-state index in [-0.39, 0.29) is 11.7 Å². The first kappa shape index (κ1) is 13.7. The maximum atomic E-state index is 11.1. The lowest BCUT2D eigenvalue weighted by atomic mass is 9.98. The van der Waals surface area contributed by atoms with E-state index in [9.17, 15) is 4.79 Å². The molecule has 1 unspecified atom stereocenters. The number of methoxy groups -OCH3 is 1. The van der Waals surface area contributed by atoms with E-state index in [1.54, 1.807) is 14.0 Å². The van der Waals surface area contributed by atoms with Crippen molar-refractivity contribution in [2.75, 3.05) is 7.11 Å². The van der Waals surface area contributed by atoms with Crippen LogP contribution < -0.4 is 4.74 Å². The van der Waals surface area contributed by atoms with Crippen LogP contribution in [-0.4, -0.2) is 12.9 Å². The fraction of sp³-hybridized carbons (Fsp3) is 0.462. The highest BCUT2D eigenvalue weighted by atomic mass is 16.5. The molecule has 15 heavy (non-hydrogen) atoms. The van der Waals surface area contributed by atoms with Crippen molar-refractivity contribution in [2.45, 2.75) is 33.6 Å². The molecule has 0 radical (unpaired) electrons. The van der Waals surface area contributed by atoms with E-state index < -0.39 is 0 Å². The summed E-state index contributed by atoms with van der Waals surface area (Å²) >= 11 is 0. The molecule has 84 valence electrons. The van der Waals surface area contributed by atoms with Crippen molar-refractivity contribution in [3.8, 4) is 5.75 Å². The lowest BCUT2D eigenvalue weighted by Gasteiger charge is -2.08. The van der Waals surface area contributed by atoms with Crippen molar-refractivity contribution in [3.05, 3.63) is 29.8 Å². The van der Waals surface area contributed by atoms with E-state index >= 15 is 0 Å². The minimum Gasteiger partial charge on any atom is -0.497 e. The Bertz CT molecular complexity index is 305. The minimum absolute atomic E-state index is 0.0462. The lowest BCUT2D eigenvalue weighted by molar-refractivity contribution is -0.118. The zero-order valence-electron chi connectivity index (χ0n) is 10.2. The molecule has 0 N–H and O–H groups in total. The number of carbonyl (C=O) groups excluding carboxylic acids is 1. The Labute approximate surface area is 92.3 Å². The van der Waals surface area contributed by atoms with Gasteiger partial charge in [-0.2, -0.15) is 0 Å². The van der Waals surface area contributed by atoms with Gasteiger partial charge >= 0.3 is 0 Å². The van der Waals surface area contributed by atoms with Gasteiger partial charge in [-0.15, -0.1) is 0 Å². The van der Waals surface area contributed by atoms with E-state index in [2.05, 4.69) is 0 Å². The molecule has 0 aliphatic carbocycles. The Hall–Kier alpha value is -1.31. The summed E-state index contributed by atoms with van der Waals surface area (Å²) in [6, 6.07) is 7.60. The predicted molar refractivity (Wildman–Crippen MR) is 63.4 cm³/mol. The van der Waals surface area contributed by atoms with E-state index in [4.69, 9.17) is 4.74 Å². The summed E-state index contributed by atoms with van der Waals surface area (Å²) in [4.78, 5) is 11.1. The second kappa shape index (κ2) is 7.04. The van der Waals surface area contributed by atoms with Gasteiger partial charge in [0.25, 0.3) is 0 Å². The average molecular weight is 208 g/mol. The van der Waals surface area contributed by atoms with E-state index in [0.29, 0.717) is 0 Å². The van der Waals surface area contributed by atoms with Crippen molar-refractivity contribution in [3.63, 3.8) is 0 Å². The number of hydrogen-bond acceptors (Lipinski definition) is 2. The van der Waals surface area contributed by atoms with Gasteiger partial charge in [0, 0.05) is 5.92 Å². The molecular formula is C13H20O2. The Morgan fingerprint density at radius 1 is 1.33 bits per heavy atom. The molecule has 2 nitrogen and oxygen atoms in total. The molecule has 1 rings (SSSR count). The second-order valence-electron chi connectivity index (χ2n) is 3.11. The summed E-state index contributed by atoms with van der Waals surface area (Å²) in [6.07, 6.45) is 0. The summed E-state index contributed by atoms with van der Waals surface area (Å²) in [7, 11) is 1.62. The maximum absolute atomic E-state index is 11.1. The summed E-state index contributed by atoms with van der Waals surface area (Å²) in [5.74, 6) is 0.925. The normalized spacial score (nSPS) is 11.0. The summed E-state index contributed by atoms with van der Waals surface area (Å²) in [5.41, 5.74) is 1.01. The number of Topliss-reactive ketones (excluding diaryl/α,β-unsaturated/α-hetero) is 1. The first-order valence-electron chi connectivity index (χ1n) is 5.29. The monoisotopic (exact) mass is 208 g/mol. The molecule has 1 atom stereocenters. The van der Waals surface area contributed by atoms with Gasteiger partial charge in [-0.3, -0.25) is 4.79 Å². The lowest BCUT2D eigenvalue weighted by Crippen LogP contribution is -2.03. The molecule has 0 aliphatic heterocycles. The average Bonchev–Trinajstić information content (AvgIpc) is 2.30. The number of hydrogen-bond donors (Lipinski definition) is 0. The molecule has 0 spiro atoms. The SMILES string of the molecule is CC.COc1cccc(C(C)C(C)=O)c1. The van der Waals surface area contributed by atoms with Gasteiger partial charge < -0.3 is 4.74 Å². The summed E-state index contributed by atoms with van der Waals surface area (Å²) in [6.45, 7) is 7.50. The number of ketones is 1. The quantitative estimate of drug-likeness (QED) is 0.760. The molecular weight excluding hydrogens is 188 g/mol. The molecule has 0 amide bonds. The Balaban J connectivity index is 0.000000921. The molecule has 1 aromatic carbocycles. The first-order chi connectivity index (χ1) is 7.15. The van der Waals surface area contributed by atoms with Crippen LogP contribution >= 0.6 is 0 Å². The van der Waals surface area contributed by atoms with Crippen LogP contribution in [0.5, 0.6) is 5.75 Å². The van der Waals surface area contributed by atoms with Gasteiger partial charge in [0.2, 0.25) is 0 Å². The van der Waals surface area contributed by atoms with Crippen LogP contribution in [0.15, 0.2) is 24.3 Å². The Morgan fingerprint density at radius 3 is 2.40 bits per heavy atom. The number of rotatable bonds is 3. The zero-order chi connectivity index (χ0) is 11.8. The fourth-order valence-electron chi connectivity index (χ4n) is 1.15. The highest BCUT2D eigenvalue weighted by Gasteiger charge is 2.10. The van der Waals surface area contributed by atoms with Crippen LogP contribution in [0.25, 0.3) is 0 Å². The standard InChI is InChI=1S/C11H14O2.C2H6/c1-8(9(2)12)10-5-4-6-11(7-10)13-3;1-2/h4-8H,1-3H3;1-2H3. The largest absolute Gasteiger partial charge is 0.497 e. The molecule has 1 aromatic rings. The van der Waals surface area contributed by atoms with Gasteiger partial charge in [-0.25, -0.2) is 0 Å². The van der Waals surface area contributed by atoms with Crippen molar-refractivity contribution in [1.82, 2.24) is 0 Å². The van der Waals surface area contributed by atoms with Gasteiger partial charge in [-0.1, -0.05) is 32.9 Å². The van der Waals surface area contributed by atoms with Crippen LogP contribution in [0.2, 0.25) is 0 Å². The third-order valence-corrected chi connectivity index (χ3v) is 2.20. The Morgan fingerprint density at radius 2 is 1.93 bits per heavy atom. The fourth-order valence-corrected chi connectivity index (χ4v) is 1.15. The van der Waals surface area contributed by atoms with Crippen molar-refractivity contribution < 1.29 is 9.53 Å². The topological polar surface area (TPSA) is 26.3 Å². The maximum Gasteiger partial charge on any atom is 0.136 e. The molecule has 0 saturated carbocycles. The molecule has 0 heterocycles. The van der Waals surface area contributed by atoms with Crippen molar-refractivity contribution in [2.24, 2.45) is 0 Å². The van der Waals surface area contributed by atoms with E-state index in [0.717, 1.165) is 11.3 Å². The van der Waals surface area contributed by atoms with Crippen LogP contribution in [0.1, 0.15) is 39.2 Å². The summed E-state index contributed by atoms with van der Waals surface area (Å²) < 4.78 is 5.07. The van der Waals surface area contributed by atoms with E-state index in [1.807, 2.05) is 45.0 Å². The van der Waals surface area contributed by atoms with Gasteiger partial charge in [0.1, 0.15) is 11.5 Å². The van der Waals surface area contributed by atoms with Crippen LogP contribution in [0, 0.1) is 0 Å². The first-order valence-corrected chi connectivity index (χ1v) is 5.29. The van der Waals surface area contributed by atoms with Gasteiger partial charge in [-0.05, 0) is 24.6 Å². The zero-order valence-corrected chi connectivity index (χ0v) is 10.2. The molecule has 0 aliphatic rings. The van der Waals surface area contributed by atoms with Crippen LogP contribution in [-0.2, 0) is 4.79 Å². The Kier molecular flexibility index (Phi) is 6.43. The smallest absolute Gasteiger partial charge is 0.136 e. The number of carbonyl (C=O) groups is 1. The van der Waals surface area contributed by atoms with Crippen molar-refractivity contribution >= 4 is 5.78 Å². The predicted octanol–water partition coefficient (Wildman–Crippen LogP) is 3.41. The number of benzene rings is 1. The molecule has 2 heteroatoms. The number of ether oxygens (including phenoxy) is 1. The van der Waals surface area contributed by atoms with Crippen molar-refractivity contribution in [1.29, 1.82) is 0 Å². The third kappa shape index (κ3) is 4.15. The van der Waals surface area contributed by atoms with Gasteiger partial charge in [0.15, 0.2) is 0 Å².